The Labute approximate surface area is 173 Å². The zero-order valence-corrected chi connectivity index (χ0v) is 16.8. The standard InChI is InChI=1S/C21H19NO7S/c1-27-16-5-2-14-9-17(6-3-13(14)8-16)30(25,26)22-18(11-21(23)24)15-4-7-19-20(10-15)29-12-28-19/h2-10,18,22H,11-12H2,1H3,(H,23,24)/t18-/m0/s1. The van der Waals surface area contributed by atoms with Crippen LogP contribution in [0.25, 0.3) is 10.8 Å². The third-order valence-corrected chi connectivity index (χ3v) is 6.27. The molecule has 0 radical (unpaired) electrons. The number of carbonyl (C=O) groups is 1. The van der Waals surface area contributed by atoms with Gasteiger partial charge in [-0.2, -0.15) is 0 Å². The van der Waals surface area contributed by atoms with Gasteiger partial charge >= 0.3 is 5.97 Å². The van der Waals surface area contributed by atoms with Crippen LogP contribution in [0.5, 0.6) is 17.2 Å². The molecule has 0 aliphatic carbocycles. The lowest BCUT2D eigenvalue weighted by atomic mass is 10.0. The van der Waals surface area contributed by atoms with Gasteiger partial charge in [0.25, 0.3) is 0 Å². The topological polar surface area (TPSA) is 111 Å². The molecule has 1 heterocycles. The van der Waals surface area contributed by atoms with Gasteiger partial charge in [-0.3, -0.25) is 4.79 Å². The van der Waals surface area contributed by atoms with Crippen LogP contribution < -0.4 is 18.9 Å². The van der Waals surface area contributed by atoms with E-state index in [9.17, 15) is 18.3 Å². The molecule has 3 aromatic carbocycles. The number of sulfonamides is 1. The lowest BCUT2D eigenvalue weighted by Gasteiger charge is -2.18. The van der Waals surface area contributed by atoms with E-state index in [4.69, 9.17) is 14.2 Å². The molecule has 9 heteroatoms. The van der Waals surface area contributed by atoms with Crippen molar-refractivity contribution in [3.8, 4) is 17.2 Å². The predicted octanol–water partition coefficient (Wildman–Crippen LogP) is 3.07. The van der Waals surface area contributed by atoms with Gasteiger partial charge in [0.15, 0.2) is 11.5 Å². The Hall–Kier alpha value is -3.30. The van der Waals surface area contributed by atoms with E-state index in [0.29, 0.717) is 22.8 Å². The molecule has 0 unspecified atom stereocenters. The fourth-order valence-corrected chi connectivity index (χ4v) is 4.54. The van der Waals surface area contributed by atoms with Gasteiger partial charge in [0.1, 0.15) is 5.75 Å². The maximum Gasteiger partial charge on any atom is 0.305 e. The molecule has 2 N–H and O–H groups in total. The first-order valence-electron chi connectivity index (χ1n) is 9.07. The summed E-state index contributed by atoms with van der Waals surface area (Å²) < 4.78 is 44.3. The molecule has 0 aromatic heterocycles. The van der Waals surface area contributed by atoms with Crippen molar-refractivity contribution in [3.05, 3.63) is 60.2 Å². The minimum Gasteiger partial charge on any atom is -0.497 e. The summed E-state index contributed by atoms with van der Waals surface area (Å²) >= 11 is 0. The van der Waals surface area contributed by atoms with Crippen LogP contribution in [0.15, 0.2) is 59.5 Å². The van der Waals surface area contributed by atoms with Crippen molar-refractivity contribution in [1.82, 2.24) is 4.72 Å². The van der Waals surface area contributed by atoms with Crippen molar-refractivity contribution >= 4 is 26.8 Å². The van der Waals surface area contributed by atoms with E-state index in [1.807, 2.05) is 0 Å². The van der Waals surface area contributed by atoms with Gasteiger partial charge in [-0.25, -0.2) is 13.1 Å². The molecule has 156 valence electrons. The molecular weight excluding hydrogens is 410 g/mol. The minimum absolute atomic E-state index is 0.0382. The molecule has 0 fully saturated rings. The summed E-state index contributed by atoms with van der Waals surface area (Å²) in [5.41, 5.74) is 0.468. The number of nitrogens with one attached hydrogen (secondary N) is 1. The van der Waals surface area contributed by atoms with Crippen molar-refractivity contribution < 1.29 is 32.5 Å². The maximum absolute atomic E-state index is 13.0. The van der Waals surface area contributed by atoms with Crippen molar-refractivity contribution in [2.45, 2.75) is 17.4 Å². The van der Waals surface area contributed by atoms with Crippen LogP contribution >= 0.6 is 0 Å². The quantitative estimate of drug-likeness (QED) is 0.594. The lowest BCUT2D eigenvalue weighted by Crippen LogP contribution is -2.30. The van der Waals surface area contributed by atoms with E-state index in [1.165, 1.54) is 12.1 Å². The van der Waals surface area contributed by atoms with Gasteiger partial charge in [-0.1, -0.05) is 18.2 Å². The van der Waals surface area contributed by atoms with Crippen LogP contribution in [0, 0.1) is 0 Å². The number of hydrogen-bond donors (Lipinski definition) is 2. The predicted molar refractivity (Wildman–Crippen MR) is 108 cm³/mol. The van der Waals surface area contributed by atoms with Crippen LogP contribution in [0.3, 0.4) is 0 Å². The van der Waals surface area contributed by atoms with Crippen LogP contribution in [0.1, 0.15) is 18.0 Å². The summed E-state index contributed by atoms with van der Waals surface area (Å²) in [5, 5.41) is 10.8. The second-order valence-electron chi connectivity index (χ2n) is 6.76. The summed E-state index contributed by atoms with van der Waals surface area (Å²) in [6, 6.07) is 13.9. The first kappa shape index (κ1) is 20.0. The summed E-state index contributed by atoms with van der Waals surface area (Å²) in [6.45, 7) is 0.0655. The Balaban J connectivity index is 1.66. The van der Waals surface area contributed by atoms with E-state index in [0.717, 1.165) is 10.8 Å². The van der Waals surface area contributed by atoms with Crippen LogP contribution in [-0.4, -0.2) is 33.4 Å². The van der Waals surface area contributed by atoms with Gasteiger partial charge < -0.3 is 19.3 Å². The van der Waals surface area contributed by atoms with Crippen molar-refractivity contribution in [2.24, 2.45) is 0 Å². The Kier molecular flexibility index (Phi) is 5.23. The van der Waals surface area contributed by atoms with Crippen molar-refractivity contribution in [2.75, 3.05) is 13.9 Å². The molecule has 1 aliphatic rings. The van der Waals surface area contributed by atoms with Crippen LogP contribution in [0.2, 0.25) is 0 Å². The first-order valence-corrected chi connectivity index (χ1v) is 10.6. The Morgan fingerprint density at radius 3 is 2.57 bits per heavy atom. The van der Waals surface area contributed by atoms with E-state index in [1.54, 1.807) is 49.6 Å². The first-order chi connectivity index (χ1) is 14.4. The summed E-state index contributed by atoms with van der Waals surface area (Å²) in [7, 11) is -2.43. The number of ether oxygens (including phenoxy) is 3. The Morgan fingerprint density at radius 1 is 1.07 bits per heavy atom. The summed E-state index contributed by atoms with van der Waals surface area (Å²) in [5.74, 6) is 0.508. The second-order valence-corrected chi connectivity index (χ2v) is 8.47. The van der Waals surface area contributed by atoms with Gasteiger partial charge in [0, 0.05) is 0 Å². The van der Waals surface area contributed by atoms with Gasteiger partial charge in [-0.15, -0.1) is 0 Å². The molecule has 30 heavy (non-hydrogen) atoms. The number of carboxylic acid groups (broad SMARTS) is 1. The Bertz CT molecular complexity index is 1220. The highest BCUT2D eigenvalue weighted by molar-refractivity contribution is 7.89. The number of fused-ring (bicyclic) bond motifs is 2. The highest BCUT2D eigenvalue weighted by Gasteiger charge is 2.26. The zero-order valence-electron chi connectivity index (χ0n) is 16.0. The average molecular weight is 429 g/mol. The maximum atomic E-state index is 13.0. The fourth-order valence-electron chi connectivity index (χ4n) is 3.28. The third-order valence-electron chi connectivity index (χ3n) is 4.80. The van der Waals surface area contributed by atoms with Crippen molar-refractivity contribution in [1.29, 1.82) is 0 Å². The molecule has 1 atom stereocenters. The second kappa shape index (κ2) is 7.85. The van der Waals surface area contributed by atoms with Crippen molar-refractivity contribution in [3.63, 3.8) is 0 Å². The van der Waals surface area contributed by atoms with E-state index in [2.05, 4.69) is 4.72 Å². The largest absolute Gasteiger partial charge is 0.497 e. The zero-order chi connectivity index (χ0) is 21.3. The normalized spacial score (nSPS) is 13.9. The number of methoxy groups -OCH3 is 1. The lowest BCUT2D eigenvalue weighted by molar-refractivity contribution is -0.137. The monoisotopic (exact) mass is 429 g/mol. The fraction of sp³-hybridized carbons (Fsp3) is 0.190. The highest BCUT2D eigenvalue weighted by Crippen LogP contribution is 2.35. The van der Waals surface area contributed by atoms with Gasteiger partial charge in [0.05, 0.1) is 24.5 Å². The van der Waals surface area contributed by atoms with E-state index < -0.39 is 28.5 Å². The molecule has 0 saturated heterocycles. The van der Waals surface area contributed by atoms with Gasteiger partial charge in [0.2, 0.25) is 16.8 Å². The molecule has 0 saturated carbocycles. The van der Waals surface area contributed by atoms with Crippen LogP contribution in [-0.2, 0) is 14.8 Å². The molecule has 4 rings (SSSR count). The van der Waals surface area contributed by atoms with E-state index in [-0.39, 0.29) is 11.7 Å². The Morgan fingerprint density at radius 2 is 1.80 bits per heavy atom. The number of carboxylic acids is 1. The summed E-state index contributed by atoms with van der Waals surface area (Å²) in [4.78, 5) is 11.4. The number of benzene rings is 3. The molecule has 0 spiro atoms. The number of rotatable bonds is 7. The highest BCUT2D eigenvalue weighted by atomic mass is 32.2. The summed E-state index contributed by atoms with van der Waals surface area (Å²) in [6.07, 6.45) is -0.427. The molecule has 1 aliphatic heterocycles. The molecular formula is C21H19NO7S. The SMILES string of the molecule is COc1ccc2cc(S(=O)(=O)N[C@@H](CC(=O)O)c3ccc4c(c3)OCO4)ccc2c1. The molecule has 0 bridgehead atoms. The van der Waals surface area contributed by atoms with E-state index >= 15 is 0 Å². The average Bonchev–Trinajstić information content (AvgIpc) is 3.19. The third kappa shape index (κ3) is 4.03. The molecule has 8 nitrogen and oxygen atoms in total. The molecule has 3 aromatic rings. The smallest absolute Gasteiger partial charge is 0.305 e. The minimum atomic E-state index is -3.99. The van der Waals surface area contributed by atoms with Crippen LogP contribution in [0.4, 0.5) is 0 Å². The number of aliphatic carboxylic acids is 1. The number of hydrogen-bond acceptors (Lipinski definition) is 6. The molecule has 0 amide bonds. The van der Waals surface area contributed by atoms with Gasteiger partial charge in [-0.05, 0) is 52.7 Å².